The summed E-state index contributed by atoms with van der Waals surface area (Å²) < 4.78 is 27.8. The zero-order chi connectivity index (χ0) is 23.8. The monoisotopic (exact) mass is 459 g/mol. The molecule has 7 nitrogen and oxygen atoms in total. The van der Waals surface area contributed by atoms with Crippen LogP contribution < -0.4 is 18.9 Å². The normalized spacial score (nSPS) is 13.9. The second-order valence-corrected chi connectivity index (χ2v) is 7.22. The van der Waals surface area contributed by atoms with E-state index in [-0.39, 0.29) is 11.6 Å². The molecule has 1 aliphatic rings. The predicted molar refractivity (Wildman–Crippen MR) is 129 cm³/mol. The van der Waals surface area contributed by atoms with Gasteiger partial charge >= 0.3 is 5.97 Å². The highest BCUT2D eigenvalue weighted by Gasteiger charge is 2.24. The predicted octanol–water partition coefficient (Wildman–Crippen LogP) is 4.90. The Hall–Kier alpha value is -4.26. The van der Waals surface area contributed by atoms with Gasteiger partial charge in [-0.05, 0) is 55.0 Å². The minimum atomic E-state index is -0.494. The summed E-state index contributed by atoms with van der Waals surface area (Å²) in [6.07, 6.45) is 1.66. The number of cyclic esters (lactones) is 1. The number of ether oxygens (including phenoxy) is 5. The van der Waals surface area contributed by atoms with E-state index in [1.54, 1.807) is 25.3 Å². The maximum atomic E-state index is 12.3. The van der Waals surface area contributed by atoms with Crippen molar-refractivity contribution in [3.05, 3.63) is 89.6 Å². The van der Waals surface area contributed by atoms with Gasteiger partial charge in [0.1, 0.15) is 24.7 Å². The highest BCUT2D eigenvalue weighted by molar-refractivity contribution is 6.12. The molecule has 3 aromatic carbocycles. The van der Waals surface area contributed by atoms with Crippen LogP contribution in [0.5, 0.6) is 23.0 Å². The van der Waals surface area contributed by atoms with Crippen LogP contribution in [0, 0.1) is 0 Å². The first-order valence-corrected chi connectivity index (χ1v) is 10.9. The number of esters is 1. The number of hydrogen-bond acceptors (Lipinski definition) is 7. The highest BCUT2D eigenvalue weighted by Crippen LogP contribution is 2.30. The molecule has 0 unspecified atom stereocenters. The van der Waals surface area contributed by atoms with Gasteiger partial charge in [0.05, 0.1) is 13.7 Å². The summed E-state index contributed by atoms with van der Waals surface area (Å²) in [7, 11) is 1.61. The largest absolute Gasteiger partial charge is 0.497 e. The van der Waals surface area contributed by atoms with Crippen LogP contribution >= 0.6 is 0 Å². The highest BCUT2D eigenvalue weighted by atomic mass is 16.6. The standard InChI is InChI=1S/C27H25NO6/c1-3-31-25-17-19(16-23-27(29)34-26(28-23)20-8-5-4-6-9-20)12-13-24(25)33-15-14-32-22-11-7-10-21(18-22)30-2/h4-13,16-18H,3,14-15H2,1-2H3/b23-16+. The third-order valence-electron chi connectivity index (χ3n) is 4.86. The summed E-state index contributed by atoms with van der Waals surface area (Å²) >= 11 is 0. The van der Waals surface area contributed by atoms with Gasteiger partial charge in [-0.15, -0.1) is 0 Å². The molecule has 174 valence electrons. The van der Waals surface area contributed by atoms with Crippen LogP contribution in [0.3, 0.4) is 0 Å². The molecule has 1 heterocycles. The Bertz CT molecular complexity index is 1200. The van der Waals surface area contributed by atoms with Crippen LogP contribution in [-0.2, 0) is 9.53 Å². The Kier molecular flexibility index (Phi) is 7.45. The number of carbonyl (C=O) groups excluding carboxylic acids is 1. The molecule has 0 fully saturated rings. The van der Waals surface area contributed by atoms with Gasteiger partial charge in [0.15, 0.2) is 17.2 Å². The van der Waals surface area contributed by atoms with E-state index in [1.165, 1.54) is 0 Å². The number of carbonyl (C=O) groups is 1. The first-order chi connectivity index (χ1) is 16.7. The van der Waals surface area contributed by atoms with Crippen molar-refractivity contribution in [3.63, 3.8) is 0 Å². The molecule has 0 radical (unpaired) electrons. The number of nitrogens with zero attached hydrogens (tertiary/aromatic N) is 1. The van der Waals surface area contributed by atoms with Crippen LogP contribution in [0.1, 0.15) is 18.1 Å². The molecular weight excluding hydrogens is 434 g/mol. The van der Waals surface area contributed by atoms with Gasteiger partial charge in [-0.2, -0.15) is 0 Å². The van der Waals surface area contributed by atoms with Gasteiger partial charge < -0.3 is 23.7 Å². The lowest BCUT2D eigenvalue weighted by molar-refractivity contribution is -0.129. The fourth-order valence-corrected chi connectivity index (χ4v) is 3.28. The van der Waals surface area contributed by atoms with Gasteiger partial charge in [0, 0.05) is 11.6 Å². The zero-order valence-corrected chi connectivity index (χ0v) is 19.0. The average molecular weight is 459 g/mol. The third-order valence-corrected chi connectivity index (χ3v) is 4.86. The molecular formula is C27H25NO6. The van der Waals surface area contributed by atoms with E-state index in [4.69, 9.17) is 23.7 Å². The van der Waals surface area contributed by atoms with Gasteiger partial charge in [-0.3, -0.25) is 0 Å². The van der Waals surface area contributed by atoms with Gasteiger partial charge in [-0.1, -0.05) is 30.3 Å². The molecule has 4 rings (SSSR count). The molecule has 0 atom stereocenters. The minimum Gasteiger partial charge on any atom is -0.497 e. The summed E-state index contributed by atoms with van der Waals surface area (Å²) in [6, 6.07) is 22.1. The third kappa shape index (κ3) is 5.75. The summed E-state index contributed by atoms with van der Waals surface area (Å²) in [5.41, 5.74) is 1.71. The van der Waals surface area contributed by atoms with Crippen LogP contribution in [-0.4, -0.2) is 38.8 Å². The molecule has 0 amide bonds. The minimum absolute atomic E-state index is 0.224. The Morgan fingerprint density at radius 2 is 1.65 bits per heavy atom. The van der Waals surface area contributed by atoms with Crippen LogP contribution in [0.2, 0.25) is 0 Å². The topological polar surface area (TPSA) is 75.6 Å². The second-order valence-electron chi connectivity index (χ2n) is 7.22. The number of hydrogen-bond donors (Lipinski definition) is 0. The second kappa shape index (κ2) is 11.0. The van der Waals surface area contributed by atoms with Crippen molar-refractivity contribution >= 4 is 17.9 Å². The van der Waals surface area contributed by atoms with Crippen molar-refractivity contribution in [2.75, 3.05) is 26.9 Å². The lowest BCUT2D eigenvalue weighted by Gasteiger charge is -2.13. The van der Waals surface area contributed by atoms with Gasteiger partial charge in [0.2, 0.25) is 5.90 Å². The Labute approximate surface area is 198 Å². The van der Waals surface area contributed by atoms with E-state index >= 15 is 0 Å². The molecule has 0 spiro atoms. The van der Waals surface area contributed by atoms with E-state index in [1.807, 2.05) is 67.6 Å². The van der Waals surface area contributed by atoms with E-state index < -0.39 is 5.97 Å². The van der Waals surface area contributed by atoms with Crippen molar-refractivity contribution in [2.45, 2.75) is 6.92 Å². The van der Waals surface area contributed by atoms with Crippen molar-refractivity contribution in [1.82, 2.24) is 0 Å². The van der Waals surface area contributed by atoms with E-state index in [2.05, 4.69) is 4.99 Å². The molecule has 0 bridgehead atoms. The van der Waals surface area contributed by atoms with E-state index in [9.17, 15) is 4.79 Å². The molecule has 7 heteroatoms. The van der Waals surface area contributed by atoms with Gasteiger partial charge in [0.25, 0.3) is 0 Å². The first kappa shape index (κ1) is 22.9. The summed E-state index contributed by atoms with van der Waals surface area (Å²) in [5, 5.41) is 0. The lowest BCUT2D eigenvalue weighted by Crippen LogP contribution is -2.10. The maximum Gasteiger partial charge on any atom is 0.363 e. The molecule has 0 N–H and O–H groups in total. The first-order valence-electron chi connectivity index (χ1n) is 10.9. The smallest absolute Gasteiger partial charge is 0.363 e. The fourth-order valence-electron chi connectivity index (χ4n) is 3.28. The average Bonchev–Trinajstić information content (AvgIpc) is 3.23. The molecule has 3 aromatic rings. The molecule has 0 aromatic heterocycles. The SMILES string of the molecule is CCOc1cc(/C=C2/N=C(c3ccccc3)OC2=O)ccc1OCCOc1cccc(OC)c1. The quantitative estimate of drug-likeness (QED) is 0.244. The number of methoxy groups -OCH3 is 1. The summed E-state index contributed by atoms with van der Waals surface area (Å²) in [6.45, 7) is 3.04. The number of rotatable bonds is 10. The maximum absolute atomic E-state index is 12.3. The van der Waals surface area contributed by atoms with Crippen molar-refractivity contribution < 1.29 is 28.5 Å². The molecule has 1 aliphatic heterocycles. The molecule has 0 aliphatic carbocycles. The van der Waals surface area contributed by atoms with Crippen LogP contribution in [0.4, 0.5) is 0 Å². The Balaban J connectivity index is 1.42. The molecule has 0 saturated heterocycles. The van der Waals surface area contributed by atoms with E-state index in [0.717, 1.165) is 16.9 Å². The Morgan fingerprint density at radius 1 is 0.853 bits per heavy atom. The summed E-state index contributed by atoms with van der Waals surface area (Å²) in [5.74, 6) is 2.38. The number of aliphatic imine (C=N–C) groups is 1. The number of benzene rings is 3. The van der Waals surface area contributed by atoms with Gasteiger partial charge in [-0.25, -0.2) is 9.79 Å². The zero-order valence-electron chi connectivity index (χ0n) is 19.0. The van der Waals surface area contributed by atoms with Crippen molar-refractivity contribution in [1.29, 1.82) is 0 Å². The van der Waals surface area contributed by atoms with Crippen LogP contribution in [0.25, 0.3) is 6.08 Å². The molecule has 0 saturated carbocycles. The lowest BCUT2D eigenvalue weighted by atomic mass is 10.1. The Morgan fingerprint density at radius 3 is 2.44 bits per heavy atom. The molecule has 34 heavy (non-hydrogen) atoms. The summed E-state index contributed by atoms with van der Waals surface area (Å²) in [4.78, 5) is 16.6. The van der Waals surface area contributed by atoms with Crippen molar-refractivity contribution in [3.8, 4) is 23.0 Å². The van der Waals surface area contributed by atoms with Crippen molar-refractivity contribution in [2.24, 2.45) is 4.99 Å². The fraction of sp³-hybridized carbons (Fsp3) is 0.185. The van der Waals surface area contributed by atoms with Crippen LogP contribution in [0.15, 0.2) is 83.5 Å². The van der Waals surface area contributed by atoms with E-state index in [0.29, 0.717) is 37.1 Å².